The highest BCUT2D eigenvalue weighted by molar-refractivity contribution is 5.36. The van der Waals surface area contributed by atoms with Gasteiger partial charge in [0.1, 0.15) is 11.5 Å². The van der Waals surface area contributed by atoms with Crippen LogP contribution in [0.3, 0.4) is 0 Å². The smallest absolute Gasteiger partial charge is 0.370 e. The molecule has 0 aromatic carbocycles. The summed E-state index contributed by atoms with van der Waals surface area (Å²) in [7, 11) is 0. The minimum Gasteiger partial charge on any atom is -0.370 e. The molecular formula is C16H23F3N2. The van der Waals surface area contributed by atoms with Crippen LogP contribution in [0.1, 0.15) is 51.6 Å². The van der Waals surface area contributed by atoms with Gasteiger partial charge in [0.15, 0.2) is 0 Å². The largest absolute Gasteiger partial charge is 0.433 e. The van der Waals surface area contributed by atoms with Crippen molar-refractivity contribution in [1.29, 1.82) is 0 Å². The van der Waals surface area contributed by atoms with Crippen LogP contribution in [0.2, 0.25) is 0 Å². The van der Waals surface area contributed by atoms with Gasteiger partial charge < -0.3 is 5.32 Å². The molecule has 0 radical (unpaired) electrons. The first-order valence-corrected chi connectivity index (χ1v) is 7.59. The van der Waals surface area contributed by atoms with Crippen molar-refractivity contribution in [2.75, 3.05) is 11.9 Å². The third-order valence-corrected chi connectivity index (χ3v) is 4.19. The first kappa shape index (κ1) is 16.1. The molecule has 1 N–H and O–H groups in total. The standard InChI is InChI=1S/C16H23F3N2/c1-12(2)10-15(8-3-4-9-15)11-20-14-7-5-6-13(21-14)16(17,18)19/h5-7,12H,3-4,8-11H2,1-2H3,(H,20,21). The average molecular weight is 300 g/mol. The molecule has 0 aliphatic heterocycles. The minimum atomic E-state index is -4.39. The van der Waals surface area contributed by atoms with Crippen LogP contribution < -0.4 is 5.32 Å². The number of pyridine rings is 1. The quantitative estimate of drug-likeness (QED) is 0.816. The number of aromatic nitrogens is 1. The summed E-state index contributed by atoms with van der Waals surface area (Å²) in [6, 6.07) is 4.01. The summed E-state index contributed by atoms with van der Waals surface area (Å²) in [6.45, 7) is 5.10. The van der Waals surface area contributed by atoms with Crippen molar-refractivity contribution >= 4 is 5.82 Å². The molecule has 1 aliphatic rings. The van der Waals surface area contributed by atoms with Gasteiger partial charge in [0.2, 0.25) is 0 Å². The van der Waals surface area contributed by atoms with Crippen molar-refractivity contribution in [3.63, 3.8) is 0 Å². The fraction of sp³-hybridized carbons (Fsp3) is 0.688. The Labute approximate surface area is 124 Å². The summed E-state index contributed by atoms with van der Waals surface area (Å²) in [6.07, 6.45) is 1.45. The summed E-state index contributed by atoms with van der Waals surface area (Å²) in [4.78, 5) is 3.68. The summed E-state index contributed by atoms with van der Waals surface area (Å²) in [5.41, 5.74) is -0.624. The third-order valence-electron chi connectivity index (χ3n) is 4.19. The van der Waals surface area contributed by atoms with Gasteiger partial charge in [-0.25, -0.2) is 4.98 Å². The fourth-order valence-electron chi connectivity index (χ4n) is 3.41. The first-order chi connectivity index (χ1) is 9.81. The number of anilines is 1. The fourth-order valence-corrected chi connectivity index (χ4v) is 3.41. The van der Waals surface area contributed by atoms with Gasteiger partial charge in [-0.3, -0.25) is 0 Å². The summed E-state index contributed by atoms with van der Waals surface area (Å²) in [5, 5.41) is 3.13. The Hall–Kier alpha value is -1.26. The molecule has 1 fully saturated rings. The highest BCUT2D eigenvalue weighted by Crippen LogP contribution is 2.43. The Balaban J connectivity index is 2.04. The van der Waals surface area contributed by atoms with E-state index in [-0.39, 0.29) is 5.41 Å². The van der Waals surface area contributed by atoms with Crippen molar-refractivity contribution in [2.45, 2.75) is 52.1 Å². The molecule has 1 aromatic heterocycles. The van der Waals surface area contributed by atoms with E-state index >= 15 is 0 Å². The number of rotatable bonds is 5. The monoisotopic (exact) mass is 300 g/mol. The minimum absolute atomic E-state index is 0.212. The Morgan fingerprint density at radius 1 is 1.24 bits per heavy atom. The van der Waals surface area contributed by atoms with E-state index in [1.54, 1.807) is 6.07 Å². The molecule has 0 saturated heterocycles. The van der Waals surface area contributed by atoms with Gasteiger partial charge in [0, 0.05) is 6.54 Å². The van der Waals surface area contributed by atoms with Crippen LogP contribution in [0.5, 0.6) is 0 Å². The van der Waals surface area contributed by atoms with Crippen LogP contribution >= 0.6 is 0 Å². The predicted octanol–water partition coefficient (Wildman–Crippen LogP) is 5.12. The molecule has 0 atom stereocenters. The van der Waals surface area contributed by atoms with E-state index < -0.39 is 11.9 Å². The second-order valence-electron chi connectivity index (χ2n) is 6.56. The second-order valence-corrected chi connectivity index (χ2v) is 6.56. The zero-order chi connectivity index (χ0) is 15.5. The SMILES string of the molecule is CC(C)CC1(CNc2cccc(C(F)(F)F)n2)CCCC1. The molecular weight excluding hydrogens is 277 g/mol. The molecule has 1 heterocycles. The number of nitrogens with zero attached hydrogens (tertiary/aromatic N) is 1. The lowest BCUT2D eigenvalue weighted by atomic mass is 9.78. The van der Waals surface area contributed by atoms with E-state index in [1.165, 1.54) is 18.9 Å². The number of alkyl halides is 3. The lowest BCUT2D eigenvalue weighted by molar-refractivity contribution is -0.141. The molecule has 1 aliphatic carbocycles. The number of nitrogens with one attached hydrogen (secondary N) is 1. The molecule has 0 bridgehead atoms. The number of hydrogen-bond donors (Lipinski definition) is 1. The van der Waals surface area contributed by atoms with Crippen molar-refractivity contribution in [1.82, 2.24) is 4.98 Å². The van der Waals surface area contributed by atoms with Crippen molar-refractivity contribution in [3.8, 4) is 0 Å². The summed E-state index contributed by atoms with van der Waals surface area (Å²) in [5.74, 6) is 0.916. The maximum absolute atomic E-state index is 12.7. The van der Waals surface area contributed by atoms with Gasteiger partial charge in [0.05, 0.1) is 0 Å². The zero-order valence-electron chi connectivity index (χ0n) is 12.6. The molecule has 2 nitrogen and oxygen atoms in total. The lowest BCUT2D eigenvalue weighted by Crippen LogP contribution is -2.29. The Morgan fingerprint density at radius 2 is 1.90 bits per heavy atom. The predicted molar refractivity (Wildman–Crippen MR) is 78.1 cm³/mol. The number of hydrogen-bond acceptors (Lipinski definition) is 2. The molecule has 118 valence electrons. The van der Waals surface area contributed by atoms with E-state index in [9.17, 15) is 13.2 Å². The van der Waals surface area contributed by atoms with Gasteiger partial charge in [-0.1, -0.05) is 32.8 Å². The lowest BCUT2D eigenvalue weighted by Gasteiger charge is -2.31. The van der Waals surface area contributed by atoms with Gasteiger partial charge in [0.25, 0.3) is 0 Å². The second kappa shape index (κ2) is 6.24. The molecule has 2 rings (SSSR count). The van der Waals surface area contributed by atoms with Gasteiger partial charge in [-0.15, -0.1) is 0 Å². The number of halogens is 3. The van der Waals surface area contributed by atoms with Crippen molar-refractivity contribution in [2.24, 2.45) is 11.3 Å². The Bertz CT molecular complexity index is 463. The third kappa shape index (κ3) is 4.35. The summed E-state index contributed by atoms with van der Waals surface area (Å²) < 4.78 is 38.0. The Morgan fingerprint density at radius 3 is 2.48 bits per heavy atom. The molecule has 1 aromatic rings. The maximum atomic E-state index is 12.7. The zero-order valence-corrected chi connectivity index (χ0v) is 12.6. The van der Waals surface area contributed by atoms with Gasteiger partial charge in [-0.2, -0.15) is 13.2 Å². The van der Waals surface area contributed by atoms with Gasteiger partial charge in [-0.05, 0) is 42.7 Å². The molecule has 0 amide bonds. The van der Waals surface area contributed by atoms with Crippen LogP contribution in [-0.4, -0.2) is 11.5 Å². The van der Waals surface area contributed by atoms with Crippen LogP contribution in [0.15, 0.2) is 18.2 Å². The maximum Gasteiger partial charge on any atom is 0.433 e. The first-order valence-electron chi connectivity index (χ1n) is 7.59. The van der Waals surface area contributed by atoms with E-state index in [2.05, 4.69) is 24.1 Å². The van der Waals surface area contributed by atoms with Crippen LogP contribution in [-0.2, 0) is 6.18 Å². The van der Waals surface area contributed by atoms with E-state index in [4.69, 9.17) is 0 Å². The van der Waals surface area contributed by atoms with E-state index in [0.29, 0.717) is 18.3 Å². The van der Waals surface area contributed by atoms with Crippen LogP contribution in [0.4, 0.5) is 19.0 Å². The molecule has 1 saturated carbocycles. The molecule has 21 heavy (non-hydrogen) atoms. The van der Waals surface area contributed by atoms with Crippen molar-refractivity contribution < 1.29 is 13.2 Å². The Kier molecular flexibility index (Phi) is 4.79. The molecule has 0 unspecified atom stereocenters. The van der Waals surface area contributed by atoms with Crippen LogP contribution in [0.25, 0.3) is 0 Å². The molecule has 0 spiro atoms. The average Bonchev–Trinajstić information content (AvgIpc) is 2.84. The topological polar surface area (TPSA) is 24.9 Å². The van der Waals surface area contributed by atoms with E-state index in [1.807, 2.05) is 0 Å². The van der Waals surface area contributed by atoms with Crippen LogP contribution in [0, 0.1) is 11.3 Å². The highest BCUT2D eigenvalue weighted by Gasteiger charge is 2.35. The highest BCUT2D eigenvalue weighted by atomic mass is 19.4. The normalized spacial score (nSPS) is 18.2. The van der Waals surface area contributed by atoms with E-state index in [0.717, 1.165) is 25.3 Å². The molecule has 5 heteroatoms. The summed E-state index contributed by atoms with van der Waals surface area (Å²) >= 11 is 0. The van der Waals surface area contributed by atoms with Gasteiger partial charge >= 0.3 is 6.18 Å². The van der Waals surface area contributed by atoms with Crippen molar-refractivity contribution in [3.05, 3.63) is 23.9 Å².